The van der Waals surface area contributed by atoms with Gasteiger partial charge in [0, 0.05) is 17.8 Å². The van der Waals surface area contributed by atoms with Gasteiger partial charge >= 0.3 is 0 Å². The number of aliphatic hydroxyl groups excluding tert-OH is 1. The topological polar surface area (TPSA) is 113 Å². The van der Waals surface area contributed by atoms with Crippen molar-refractivity contribution in [1.82, 2.24) is 9.97 Å². The molecule has 0 spiro atoms. The van der Waals surface area contributed by atoms with Crippen molar-refractivity contribution in [2.24, 2.45) is 11.7 Å². The zero-order valence-electron chi connectivity index (χ0n) is 14.4. The van der Waals surface area contributed by atoms with E-state index in [1.165, 1.54) is 19.0 Å². The van der Waals surface area contributed by atoms with Gasteiger partial charge in [-0.3, -0.25) is 4.79 Å². The number of amides is 1. The van der Waals surface area contributed by atoms with Gasteiger partial charge in [-0.15, -0.1) is 0 Å². The molecule has 1 heterocycles. The summed E-state index contributed by atoms with van der Waals surface area (Å²) in [7, 11) is 0. The Balaban J connectivity index is 1.78. The van der Waals surface area contributed by atoms with Crippen LogP contribution < -0.4 is 16.4 Å². The van der Waals surface area contributed by atoms with Crippen molar-refractivity contribution < 1.29 is 9.90 Å². The fourth-order valence-corrected chi connectivity index (χ4v) is 3.42. The first-order valence-corrected chi connectivity index (χ1v) is 8.75. The Morgan fingerprint density at radius 1 is 1.33 bits per heavy atom. The van der Waals surface area contributed by atoms with E-state index in [0.29, 0.717) is 29.7 Å². The molecule has 2 aliphatic carbocycles. The van der Waals surface area contributed by atoms with Crippen LogP contribution in [0.2, 0.25) is 0 Å². The molecule has 0 aliphatic heterocycles. The maximum Gasteiger partial charge on any atom is 0.254 e. The molecule has 1 aromatic heterocycles. The second-order valence-electron chi connectivity index (χ2n) is 7.60. The van der Waals surface area contributed by atoms with Crippen LogP contribution in [0.4, 0.5) is 11.8 Å². The number of anilines is 2. The van der Waals surface area contributed by atoms with E-state index in [9.17, 15) is 9.90 Å². The summed E-state index contributed by atoms with van der Waals surface area (Å²) in [5.41, 5.74) is 5.63. The van der Waals surface area contributed by atoms with Crippen LogP contribution in [0.1, 0.15) is 62.7 Å². The highest BCUT2D eigenvalue weighted by molar-refractivity contribution is 5.97. The summed E-state index contributed by atoms with van der Waals surface area (Å²) < 4.78 is 0. The lowest BCUT2D eigenvalue weighted by molar-refractivity contribution is 0.100. The van der Waals surface area contributed by atoms with E-state index in [0.717, 1.165) is 19.3 Å². The van der Waals surface area contributed by atoms with Gasteiger partial charge in [0.05, 0.1) is 11.7 Å². The Morgan fingerprint density at radius 3 is 2.71 bits per heavy atom. The molecule has 24 heavy (non-hydrogen) atoms. The van der Waals surface area contributed by atoms with E-state index in [4.69, 9.17) is 5.73 Å². The SMILES string of the molecule is CC(C)(Nc1nc(NC2CCC[C@@H](O)C2)ncc1C(N)=O)C1CC1. The molecule has 0 radical (unpaired) electrons. The maximum atomic E-state index is 11.7. The highest BCUT2D eigenvalue weighted by atomic mass is 16.3. The fraction of sp³-hybridized carbons (Fsp3) is 0.706. The number of hydrogen-bond donors (Lipinski definition) is 4. The molecule has 1 unspecified atom stereocenters. The zero-order chi connectivity index (χ0) is 17.3. The summed E-state index contributed by atoms with van der Waals surface area (Å²) in [4.78, 5) is 20.4. The van der Waals surface area contributed by atoms with E-state index >= 15 is 0 Å². The van der Waals surface area contributed by atoms with E-state index in [1.54, 1.807) is 0 Å². The molecule has 5 N–H and O–H groups in total. The highest BCUT2D eigenvalue weighted by Gasteiger charge is 2.38. The molecule has 7 nitrogen and oxygen atoms in total. The van der Waals surface area contributed by atoms with E-state index < -0.39 is 5.91 Å². The van der Waals surface area contributed by atoms with E-state index in [-0.39, 0.29) is 17.7 Å². The van der Waals surface area contributed by atoms with Gasteiger partial charge in [0.15, 0.2) is 0 Å². The Labute approximate surface area is 142 Å². The first-order valence-electron chi connectivity index (χ1n) is 8.75. The monoisotopic (exact) mass is 333 g/mol. The van der Waals surface area contributed by atoms with Crippen LogP contribution in [0.3, 0.4) is 0 Å². The quantitative estimate of drug-likeness (QED) is 0.632. The number of aliphatic hydroxyl groups is 1. The molecule has 132 valence electrons. The first kappa shape index (κ1) is 17.0. The molecule has 0 saturated heterocycles. The summed E-state index contributed by atoms with van der Waals surface area (Å²) in [6, 6.07) is 0.150. The number of primary amides is 1. The van der Waals surface area contributed by atoms with Gasteiger partial charge in [0.1, 0.15) is 5.82 Å². The Bertz CT molecular complexity index is 615. The van der Waals surface area contributed by atoms with Crippen molar-refractivity contribution in [1.29, 1.82) is 0 Å². The number of nitrogens with one attached hydrogen (secondary N) is 2. The van der Waals surface area contributed by atoms with Crippen molar-refractivity contribution >= 4 is 17.7 Å². The third-order valence-electron chi connectivity index (χ3n) is 5.07. The van der Waals surface area contributed by atoms with Gasteiger partial charge in [-0.2, -0.15) is 4.98 Å². The fourth-order valence-electron chi connectivity index (χ4n) is 3.42. The van der Waals surface area contributed by atoms with Crippen LogP contribution in [-0.2, 0) is 0 Å². The summed E-state index contributed by atoms with van der Waals surface area (Å²) in [6.07, 6.45) is 7.07. The van der Waals surface area contributed by atoms with E-state index in [2.05, 4.69) is 34.4 Å². The summed E-state index contributed by atoms with van der Waals surface area (Å²) in [6.45, 7) is 4.23. The summed E-state index contributed by atoms with van der Waals surface area (Å²) in [5.74, 6) is 0.989. The normalized spacial score (nSPS) is 24.5. The summed E-state index contributed by atoms with van der Waals surface area (Å²) in [5, 5.41) is 16.4. The third kappa shape index (κ3) is 3.95. The van der Waals surface area contributed by atoms with Crippen LogP contribution in [0.5, 0.6) is 0 Å². The van der Waals surface area contributed by atoms with Crippen molar-refractivity contribution in [3.8, 4) is 0 Å². The Kier molecular flexibility index (Phi) is 4.62. The van der Waals surface area contributed by atoms with Crippen LogP contribution in [-0.4, -0.2) is 38.7 Å². The average molecular weight is 333 g/mol. The van der Waals surface area contributed by atoms with Crippen LogP contribution in [0.15, 0.2) is 6.20 Å². The number of nitrogens with zero attached hydrogens (tertiary/aromatic N) is 2. The molecule has 2 aliphatic rings. The molecule has 7 heteroatoms. The molecular weight excluding hydrogens is 306 g/mol. The zero-order valence-corrected chi connectivity index (χ0v) is 14.4. The lowest BCUT2D eigenvalue weighted by Crippen LogP contribution is -2.35. The van der Waals surface area contributed by atoms with Crippen LogP contribution in [0.25, 0.3) is 0 Å². The molecule has 2 saturated carbocycles. The third-order valence-corrected chi connectivity index (χ3v) is 5.07. The number of carbonyl (C=O) groups is 1. The smallest absolute Gasteiger partial charge is 0.254 e. The minimum Gasteiger partial charge on any atom is -0.393 e. The van der Waals surface area contributed by atoms with Crippen molar-refractivity contribution in [2.45, 2.75) is 70.1 Å². The number of aromatic nitrogens is 2. The standard InChI is InChI=1S/C17H27N5O2/c1-17(2,10-6-7-10)22-15-13(14(18)24)9-19-16(21-15)20-11-4-3-5-12(23)8-11/h9-12,23H,3-8H2,1-2H3,(H2,18,24)(H2,19,20,21,22)/t11?,12-/m1/s1. The maximum absolute atomic E-state index is 11.7. The molecule has 2 fully saturated rings. The Morgan fingerprint density at radius 2 is 2.08 bits per heavy atom. The largest absolute Gasteiger partial charge is 0.393 e. The summed E-state index contributed by atoms with van der Waals surface area (Å²) >= 11 is 0. The van der Waals surface area contributed by atoms with Gasteiger partial charge in [-0.05, 0) is 58.3 Å². The number of rotatable bonds is 6. The van der Waals surface area contributed by atoms with Gasteiger partial charge < -0.3 is 21.5 Å². The molecule has 1 aromatic rings. The van der Waals surface area contributed by atoms with Crippen molar-refractivity contribution in [3.05, 3.63) is 11.8 Å². The molecule has 3 rings (SSSR count). The lowest BCUT2D eigenvalue weighted by Gasteiger charge is -2.29. The second-order valence-corrected chi connectivity index (χ2v) is 7.60. The van der Waals surface area contributed by atoms with Gasteiger partial charge in [-0.25, -0.2) is 4.98 Å². The first-order chi connectivity index (χ1) is 11.3. The predicted molar refractivity (Wildman–Crippen MR) is 92.9 cm³/mol. The minimum absolute atomic E-state index is 0.142. The number of hydrogen-bond acceptors (Lipinski definition) is 6. The molecule has 0 bridgehead atoms. The minimum atomic E-state index is -0.538. The van der Waals surface area contributed by atoms with Crippen molar-refractivity contribution in [3.63, 3.8) is 0 Å². The molecule has 2 atom stereocenters. The van der Waals surface area contributed by atoms with Gasteiger partial charge in [0.25, 0.3) is 5.91 Å². The van der Waals surface area contributed by atoms with Crippen molar-refractivity contribution in [2.75, 3.05) is 10.6 Å². The molecular formula is C17H27N5O2. The van der Waals surface area contributed by atoms with Crippen LogP contribution in [0, 0.1) is 5.92 Å². The Hall–Kier alpha value is -1.89. The highest BCUT2D eigenvalue weighted by Crippen LogP contribution is 2.41. The molecule has 0 aromatic carbocycles. The van der Waals surface area contributed by atoms with Gasteiger partial charge in [0.2, 0.25) is 5.95 Å². The lowest BCUT2D eigenvalue weighted by atomic mass is 9.93. The second kappa shape index (κ2) is 6.55. The van der Waals surface area contributed by atoms with Gasteiger partial charge in [-0.1, -0.05) is 0 Å². The van der Waals surface area contributed by atoms with Crippen LogP contribution >= 0.6 is 0 Å². The average Bonchev–Trinajstić information content (AvgIpc) is 3.31. The number of carbonyl (C=O) groups excluding carboxylic acids is 1. The number of nitrogens with two attached hydrogens (primary N) is 1. The predicted octanol–water partition coefficient (Wildman–Crippen LogP) is 1.89. The van der Waals surface area contributed by atoms with E-state index in [1.807, 2.05) is 0 Å². The molecule has 1 amide bonds.